The highest BCUT2D eigenvalue weighted by Gasteiger charge is 2.38. The Labute approximate surface area is 202 Å². The van der Waals surface area contributed by atoms with E-state index in [0.717, 1.165) is 16.7 Å². The van der Waals surface area contributed by atoms with Gasteiger partial charge in [0.15, 0.2) is 0 Å². The maximum atomic E-state index is 13.6. The van der Waals surface area contributed by atoms with Crippen molar-refractivity contribution >= 4 is 15.9 Å². The van der Waals surface area contributed by atoms with Crippen LogP contribution in [-0.4, -0.2) is 81.2 Å². The molecule has 3 rings (SSSR count). The van der Waals surface area contributed by atoms with Gasteiger partial charge in [0.25, 0.3) is 0 Å². The molecule has 9 heteroatoms. The van der Waals surface area contributed by atoms with Gasteiger partial charge < -0.3 is 19.5 Å². The van der Waals surface area contributed by atoms with Crippen molar-refractivity contribution in [2.75, 3.05) is 40.5 Å². The molecule has 0 spiro atoms. The molecule has 2 aromatic rings. The lowest BCUT2D eigenvalue weighted by Gasteiger charge is -2.37. The quantitative estimate of drug-likeness (QED) is 0.641. The summed E-state index contributed by atoms with van der Waals surface area (Å²) in [4.78, 5) is 13.9. The van der Waals surface area contributed by atoms with Crippen LogP contribution in [0.25, 0.3) is 11.1 Å². The molecule has 1 aliphatic heterocycles. The van der Waals surface area contributed by atoms with E-state index in [9.17, 15) is 18.3 Å². The lowest BCUT2D eigenvalue weighted by molar-refractivity contribution is -0.135. The summed E-state index contributed by atoms with van der Waals surface area (Å²) in [5.41, 5.74) is 2.89. The second-order valence-electron chi connectivity index (χ2n) is 8.97. The molecular weight excluding hydrogens is 456 g/mol. The predicted molar refractivity (Wildman–Crippen MR) is 130 cm³/mol. The number of nitrogens with zero attached hydrogens (tertiary/aromatic N) is 2. The summed E-state index contributed by atoms with van der Waals surface area (Å²) in [5, 5.41) is 9.77. The van der Waals surface area contributed by atoms with Crippen molar-refractivity contribution in [1.82, 2.24) is 9.21 Å². The second kappa shape index (κ2) is 10.9. The van der Waals surface area contributed by atoms with Gasteiger partial charge in [-0.3, -0.25) is 4.79 Å². The van der Waals surface area contributed by atoms with E-state index in [4.69, 9.17) is 9.47 Å². The standard InChI is InChI=1S/C25H34N2O6S/c1-17-6-8-20(9-7-17)21-10-11-24-22(12-21)33-23(14-26(4)25(29)16-32-5)18(2)13-27(19(3)15-28)34(24,30)31/h6-12,18-19,23,28H,13-16H2,1-5H3/t18-,19-,23+/m0/s1. The number of benzene rings is 2. The molecule has 1 N–H and O–H groups in total. The molecule has 0 aromatic heterocycles. The van der Waals surface area contributed by atoms with E-state index in [-0.39, 0.29) is 48.8 Å². The van der Waals surface area contributed by atoms with Crippen molar-refractivity contribution in [3.8, 4) is 16.9 Å². The van der Waals surface area contributed by atoms with E-state index < -0.39 is 22.2 Å². The first-order valence-corrected chi connectivity index (χ1v) is 12.8. The van der Waals surface area contributed by atoms with Gasteiger partial charge in [0.2, 0.25) is 15.9 Å². The van der Waals surface area contributed by atoms with E-state index in [1.54, 1.807) is 32.2 Å². The van der Waals surface area contributed by atoms with Gasteiger partial charge in [-0.2, -0.15) is 4.31 Å². The highest BCUT2D eigenvalue weighted by Crippen LogP contribution is 2.36. The minimum atomic E-state index is -3.92. The molecule has 0 saturated heterocycles. The molecule has 34 heavy (non-hydrogen) atoms. The van der Waals surface area contributed by atoms with Crippen LogP contribution in [0.15, 0.2) is 47.4 Å². The van der Waals surface area contributed by atoms with E-state index in [1.807, 2.05) is 38.1 Å². The summed E-state index contributed by atoms with van der Waals surface area (Å²) in [7, 11) is -0.789. The van der Waals surface area contributed by atoms with Crippen molar-refractivity contribution in [3.63, 3.8) is 0 Å². The van der Waals surface area contributed by atoms with Crippen molar-refractivity contribution in [2.24, 2.45) is 5.92 Å². The lowest BCUT2D eigenvalue weighted by Crippen LogP contribution is -2.50. The van der Waals surface area contributed by atoms with E-state index >= 15 is 0 Å². The Kier molecular flexibility index (Phi) is 8.35. The number of likely N-dealkylation sites (N-methyl/N-ethyl adjacent to an activating group) is 1. The SMILES string of the molecule is COCC(=O)N(C)C[C@H]1Oc2cc(-c3ccc(C)cc3)ccc2S(=O)(=O)N([C@@H](C)CO)C[C@@H]1C. The third-order valence-electron chi connectivity index (χ3n) is 6.20. The molecule has 0 aliphatic carbocycles. The Morgan fingerprint density at radius 3 is 2.50 bits per heavy atom. The normalized spacial score (nSPS) is 21.0. The Bertz CT molecular complexity index is 1100. The number of methoxy groups -OCH3 is 1. The molecule has 0 saturated carbocycles. The summed E-state index contributed by atoms with van der Waals surface area (Å²) in [6.45, 7) is 5.63. The van der Waals surface area contributed by atoms with Crippen LogP contribution in [0.4, 0.5) is 0 Å². The monoisotopic (exact) mass is 490 g/mol. The zero-order chi connectivity index (χ0) is 25.0. The minimum Gasteiger partial charge on any atom is -0.487 e. The van der Waals surface area contributed by atoms with Crippen LogP contribution < -0.4 is 4.74 Å². The van der Waals surface area contributed by atoms with E-state index in [2.05, 4.69) is 0 Å². The summed E-state index contributed by atoms with van der Waals surface area (Å²) in [6, 6.07) is 12.4. The number of amides is 1. The van der Waals surface area contributed by atoms with Gasteiger partial charge >= 0.3 is 0 Å². The molecule has 1 aliphatic rings. The Morgan fingerprint density at radius 1 is 1.24 bits per heavy atom. The Morgan fingerprint density at radius 2 is 1.88 bits per heavy atom. The molecule has 1 heterocycles. The van der Waals surface area contributed by atoms with Crippen LogP contribution in [0, 0.1) is 12.8 Å². The molecule has 3 atom stereocenters. The topological polar surface area (TPSA) is 96.4 Å². The fourth-order valence-electron chi connectivity index (χ4n) is 3.97. The van der Waals surface area contributed by atoms with Crippen LogP contribution in [0.5, 0.6) is 5.75 Å². The number of carbonyl (C=O) groups excluding carboxylic acids is 1. The number of aliphatic hydroxyl groups is 1. The number of hydrogen-bond donors (Lipinski definition) is 1. The van der Waals surface area contributed by atoms with E-state index in [0.29, 0.717) is 0 Å². The van der Waals surface area contributed by atoms with Crippen LogP contribution in [0.2, 0.25) is 0 Å². The molecule has 2 aromatic carbocycles. The fourth-order valence-corrected chi connectivity index (χ4v) is 5.80. The first-order chi connectivity index (χ1) is 16.1. The molecule has 0 unspecified atom stereocenters. The number of hydrogen-bond acceptors (Lipinski definition) is 6. The number of rotatable bonds is 7. The third-order valence-corrected chi connectivity index (χ3v) is 8.22. The van der Waals surface area contributed by atoms with Gasteiger partial charge in [-0.05, 0) is 37.1 Å². The maximum absolute atomic E-state index is 13.6. The fraction of sp³-hybridized carbons (Fsp3) is 0.480. The Hall–Kier alpha value is -2.46. The van der Waals surface area contributed by atoms with Gasteiger partial charge in [0.05, 0.1) is 13.2 Å². The van der Waals surface area contributed by atoms with Crippen LogP contribution in [0.3, 0.4) is 0 Å². The lowest BCUT2D eigenvalue weighted by atomic mass is 10.0. The van der Waals surface area contributed by atoms with Gasteiger partial charge in [-0.1, -0.05) is 42.8 Å². The van der Waals surface area contributed by atoms with Crippen molar-refractivity contribution in [3.05, 3.63) is 48.0 Å². The predicted octanol–water partition coefficient (Wildman–Crippen LogP) is 2.54. The molecular formula is C25H34N2O6S. The van der Waals surface area contributed by atoms with Gasteiger partial charge in [-0.15, -0.1) is 0 Å². The highest BCUT2D eigenvalue weighted by atomic mass is 32.2. The highest BCUT2D eigenvalue weighted by molar-refractivity contribution is 7.89. The number of ether oxygens (including phenoxy) is 2. The van der Waals surface area contributed by atoms with Crippen molar-refractivity contribution < 1.29 is 27.8 Å². The average molecular weight is 491 g/mol. The molecule has 0 fully saturated rings. The molecule has 0 radical (unpaired) electrons. The molecule has 186 valence electrons. The summed E-state index contributed by atoms with van der Waals surface area (Å²) < 4.78 is 39.8. The first-order valence-electron chi connectivity index (χ1n) is 11.3. The number of carbonyl (C=O) groups is 1. The largest absolute Gasteiger partial charge is 0.487 e. The number of aliphatic hydroxyl groups excluding tert-OH is 1. The molecule has 0 bridgehead atoms. The minimum absolute atomic E-state index is 0.0476. The zero-order valence-electron chi connectivity index (χ0n) is 20.4. The van der Waals surface area contributed by atoms with Crippen molar-refractivity contribution in [1.29, 1.82) is 0 Å². The Balaban J connectivity index is 2.08. The second-order valence-corrected chi connectivity index (χ2v) is 10.8. The summed E-state index contributed by atoms with van der Waals surface area (Å²) in [5.74, 6) is -0.211. The number of fused-ring (bicyclic) bond motifs is 1. The van der Waals surface area contributed by atoms with Crippen LogP contribution in [0.1, 0.15) is 19.4 Å². The molecule has 8 nitrogen and oxygen atoms in total. The van der Waals surface area contributed by atoms with Gasteiger partial charge in [0.1, 0.15) is 23.4 Å². The first kappa shape index (κ1) is 26.2. The van der Waals surface area contributed by atoms with Crippen LogP contribution in [-0.2, 0) is 19.6 Å². The smallest absolute Gasteiger partial charge is 0.248 e. The van der Waals surface area contributed by atoms with Crippen LogP contribution >= 0.6 is 0 Å². The number of aryl methyl sites for hydroxylation is 1. The summed E-state index contributed by atoms with van der Waals surface area (Å²) >= 11 is 0. The maximum Gasteiger partial charge on any atom is 0.248 e. The van der Waals surface area contributed by atoms with Gasteiger partial charge in [0, 0.05) is 32.7 Å². The summed E-state index contributed by atoms with van der Waals surface area (Å²) in [6.07, 6.45) is -0.471. The van der Waals surface area contributed by atoms with E-state index in [1.165, 1.54) is 16.3 Å². The van der Waals surface area contributed by atoms with Crippen molar-refractivity contribution in [2.45, 2.75) is 37.8 Å². The molecule has 1 amide bonds. The number of sulfonamides is 1. The average Bonchev–Trinajstić information content (AvgIpc) is 2.81. The van der Waals surface area contributed by atoms with Gasteiger partial charge in [-0.25, -0.2) is 8.42 Å². The zero-order valence-corrected chi connectivity index (χ0v) is 21.2. The third kappa shape index (κ3) is 5.60.